The predicted octanol–water partition coefficient (Wildman–Crippen LogP) is 6.01. The number of morpholine rings is 1. The Balaban J connectivity index is 1.29. The second-order valence-electron chi connectivity index (χ2n) is 8.55. The van der Waals surface area contributed by atoms with Gasteiger partial charge in [0, 0.05) is 24.7 Å². The Hall–Kier alpha value is -2.83. The molecule has 0 saturated carbocycles. The van der Waals surface area contributed by atoms with E-state index in [0.717, 1.165) is 56.1 Å². The second kappa shape index (κ2) is 9.98. The first-order valence-corrected chi connectivity index (χ1v) is 12.1. The lowest BCUT2D eigenvalue weighted by Crippen LogP contribution is -2.35. The lowest BCUT2D eigenvalue weighted by molar-refractivity contribution is 0.0551. The van der Waals surface area contributed by atoms with Crippen molar-refractivity contribution in [1.29, 1.82) is 0 Å². The molecule has 1 aliphatic heterocycles. The van der Waals surface area contributed by atoms with E-state index < -0.39 is 0 Å². The van der Waals surface area contributed by atoms with E-state index in [1.54, 1.807) is 0 Å². The van der Waals surface area contributed by atoms with E-state index >= 15 is 0 Å². The average molecular weight is 465 g/mol. The normalized spacial score (nSPS) is 18.5. The molecule has 5 rings (SSSR count). The summed E-state index contributed by atoms with van der Waals surface area (Å²) in [6.07, 6.45) is 11.0. The Morgan fingerprint density at radius 2 is 2.00 bits per heavy atom. The predicted molar refractivity (Wildman–Crippen MR) is 131 cm³/mol. The summed E-state index contributed by atoms with van der Waals surface area (Å²) in [4.78, 5) is 14.9. The molecule has 2 aliphatic rings. The molecule has 172 valence electrons. The molecule has 0 amide bonds. The van der Waals surface area contributed by atoms with Gasteiger partial charge in [-0.2, -0.15) is 4.98 Å². The Labute approximate surface area is 199 Å². The van der Waals surface area contributed by atoms with E-state index in [4.69, 9.17) is 26.1 Å². The summed E-state index contributed by atoms with van der Waals surface area (Å²) in [5.41, 5.74) is 4.79. The summed E-state index contributed by atoms with van der Waals surface area (Å²) < 4.78 is 11.4. The number of nitrogens with one attached hydrogen (secondary N) is 1. The van der Waals surface area contributed by atoms with Crippen LogP contribution < -0.4 is 4.74 Å². The molecule has 1 aliphatic carbocycles. The van der Waals surface area contributed by atoms with Crippen LogP contribution >= 0.6 is 11.6 Å². The molecule has 6 nitrogen and oxygen atoms in total. The number of nitrogens with zero attached hydrogens (tertiary/aromatic N) is 3. The highest BCUT2D eigenvalue weighted by Crippen LogP contribution is 2.33. The average Bonchev–Trinajstić information content (AvgIpc) is 3.24. The van der Waals surface area contributed by atoms with Crippen LogP contribution in [0.25, 0.3) is 11.2 Å². The van der Waals surface area contributed by atoms with Gasteiger partial charge in [-0.1, -0.05) is 49.2 Å². The summed E-state index contributed by atoms with van der Waals surface area (Å²) in [5, 5.41) is 0.635. The van der Waals surface area contributed by atoms with E-state index in [0.29, 0.717) is 16.7 Å². The molecule has 0 radical (unpaired) electrons. The fraction of sp³-hybridized carbons (Fsp3) is 0.385. The Morgan fingerprint density at radius 1 is 1.18 bits per heavy atom. The number of benzene rings is 1. The number of allylic oxidation sites excluding steroid dienone is 3. The van der Waals surface area contributed by atoms with Crippen LogP contribution in [0.1, 0.15) is 43.4 Å². The summed E-state index contributed by atoms with van der Waals surface area (Å²) in [5.74, 6) is 0.875. The van der Waals surface area contributed by atoms with Gasteiger partial charge in [-0.15, -0.1) is 0 Å². The fourth-order valence-electron chi connectivity index (χ4n) is 4.30. The third-order valence-electron chi connectivity index (χ3n) is 6.20. The van der Waals surface area contributed by atoms with Gasteiger partial charge >= 0.3 is 6.01 Å². The first kappa shape index (κ1) is 22.0. The van der Waals surface area contributed by atoms with Crippen LogP contribution in [-0.2, 0) is 11.2 Å². The zero-order chi connectivity index (χ0) is 22.6. The van der Waals surface area contributed by atoms with Crippen molar-refractivity contribution >= 4 is 22.8 Å². The molecule has 1 unspecified atom stereocenters. The zero-order valence-corrected chi connectivity index (χ0v) is 19.6. The van der Waals surface area contributed by atoms with Gasteiger partial charge in [0.25, 0.3) is 0 Å². The van der Waals surface area contributed by atoms with Crippen molar-refractivity contribution in [2.45, 2.75) is 38.5 Å². The number of aromatic nitrogens is 3. The van der Waals surface area contributed by atoms with Crippen LogP contribution in [0, 0.1) is 0 Å². The minimum atomic E-state index is 0.128. The van der Waals surface area contributed by atoms with Crippen molar-refractivity contribution < 1.29 is 9.47 Å². The van der Waals surface area contributed by atoms with Crippen molar-refractivity contribution in [3.63, 3.8) is 0 Å². The zero-order valence-electron chi connectivity index (χ0n) is 18.9. The second-order valence-corrected chi connectivity index (χ2v) is 8.96. The monoisotopic (exact) mass is 464 g/mol. The third kappa shape index (κ3) is 5.07. The Kier molecular flexibility index (Phi) is 6.65. The molecule has 1 saturated heterocycles. The molecule has 1 fully saturated rings. The number of unbranched alkanes of at least 4 members (excludes halogenated alkanes) is 1. The van der Waals surface area contributed by atoms with Crippen molar-refractivity contribution in [2.24, 2.45) is 0 Å². The Morgan fingerprint density at radius 3 is 2.73 bits per heavy atom. The molecule has 7 heteroatoms. The number of halogens is 1. The third-order valence-corrected chi connectivity index (χ3v) is 6.50. The summed E-state index contributed by atoms with van der Waals surface area (Å²) in [6, 6.07) is 10.5. The van der Waals surface area contributed by atoms with Crippen LogP contribution in [0.4, 0.5) is 0 Å². The van der Waals surface area contributed by atoms with Crippen LogP contribution in [-0.4, -0.2) is 46.2 Å². The van der Waals surface area contributed by atoms with Crippen LogP contribution in [0.2, 0.25) is 5.02 Å². The Bertz CT molecular complexity index is 1160. The smallest absolute Gasteiger partial charge is 0.301 e. The number of imidazole rings is 1. The highest BCUT2D eigenvalue weighted by atomic mass is 35.5. The van der Waals surface area contributed by atoms with Crippen molar-refractivity contribution in [3.8, 4) is 11.8 Å². The fourth-order valence-corrected chi connectivity index (χ4v) is 4.59. The maximum absolute atomic E-state index is 6.62. The number of pyridine rings is 1. The molecule has 0 spiro atoms. The molecular formula is C26H29ClN4O2. The first-order chi connectivity index (χ1) is 16.2. The van der Waals surface area contributed by atoms with Crippen molar-refractivity contribution in [1.82, 2.24) is 19.9 Å². The topological polar surface area (TPSA) is 63.3 Å². The number of aromatic amines is 1. The molecule has 1 N–H and O–H groups in total. The van der Waals surface area contributed by atoms with Crippen LogP contribution in [0.3, 0.4) is 0 Å². The van der Waals surface area contributed by atoms with Gasteiger partial charge < -0.3 is 19.4 Å². The van der Waals surface area contributed by atoms with E-state index in [1.807, 2.05) is 18.2 Å². The van der Waals surface area contributed by atoms with E-state index in [9.17, 15) is 0 Å². The highest BCUT2D eigenvalue weighted by Gasteiger charge is 2.21. The summed E-state index contributed by atoms with van der Waals surface area (Å²) >= 11 is 6.62. The minimum Gasteiger partial charge on any atom is -0.426 e. The molecule has 0 bridgehead atoms. The lowest BCUT2D eigenvalue weighted by Gasteiger charge is -2.31. The summed E-state index contributed by atoms with van der Waals surface area (Å²) in [7, 11) is 0. The van der Waals surface area contributed by atoms with Gasteiger partial charge in [0.05, 0.1) is 29.4 Å². The molecule has 3 aromatic rings. The van der Waals surface area contributed by atoms with Gasteiger partial charge in [0.2, 0.25) is 0 Å². The quantitative estimate of drug-likeness (QED) is 0.464. The van der Waals surface area contributed by atoms with Crippen molar-refractivity contribution in [2.75, 3.05) is 26.3 Å². The number of rotatable bonds is 7. The minimum absolute atomic E-state index is 0.128. The molecule has 1 atom stereocenters. The first-order valence-electron chi connectivity index (χ1n) is 11.7. The molecule has 3 heterocycles. The largest absolute Gasteiger partial charge is 0.426 e. The van der Waals surface area contributed by atoms with Crippen molar-refractivity contribution in [3.05, 3.63) is 70.5 Å². The van der Waals surface area contributed by atoms with Crippen LogP contribution in [0.5, 0.6) is 11.8 Å². The molecule has 1 aromatic carbocycles. The van der Waals surface area contributed by atoms with E-state index in [1.165, 1.54) is 24.1 Å². The van der Waals surface area contributed by atoms with Gasteiger partial charge in [-0.25, -0.2) is 4.98 Å². The maximum Gasteiger partial charge on any atom is 0.301 e. The standard InChI is InChI=1S/C26H29ClN4O2/c1-2-3-4-18-5-11-21(12-6-18)33-26-28-23-17-22(27)24(29-25(23)30-26)19-7-9-20(10-8-19)31-13-15-32-16-14-31/h5-7,9-12,17,19H,2-4,8,13-16H2,1H3,(H,28,29,30). The number of ether oxygens (including phenoxy) is 2. The van der Waals surface area contributed by atoms with Gasteiger partial charge in [0.15, 0.2) is 5.65 Å². The molecule has 33 heavy (non-hydrogen) atoms. The number of H-pyrrole nitrogens is 1. The lowest BCUT2D eigenvalue weighted by atomic mass is 9.95. The van der Waals surface area contributed by atoms with E-state index in [2.05, 4.69) is 52.2 Å². The number of hydrogen-bond donors (Lipinski definition) is 1. The van der Waals surface area contributed by atoms with Gasteiger partial charge in [0.1, 0.15) is 5.75 Å². The highest BCUT2D eigenvalue weighted by molar-refractivity contribution is 6.31. The molecular weight excluding hydrogens is 436 g/mol. The van der Waals surface area contributed by atoms with Gasteiger partial charge in [-0.3, -0.25) is 0 Å². The number of fused-ring (bicyclic) bond motifs is 1. The number of aryl methyl sites for hydroxylation is 1. The molecule has 2 aromatic heterocycles. The van der Waals surface area contributed by atoms with E-state index in [-0.39, 0.29) is 5.92 Å². The van der Waals surface area contributed by atoms with Gasteiger partial charge in [-0.05, 0) is 49.1 Å². The summed E-state index contributed by atoms with van der Waals surface area (Å²) in [6.45, 7) is 5.64. The maximum atomic E-state index is 6.62. The number of hydrogen-bond acceptors (Lipinski definition) is 5. The SMILES string of the molecule is CCCCc1ccc(Oc2nc3nc(C4C=CC(N5CCOCC5)=CC4)c(Cl)cc3[nH]2)cc1. The van der Waals surface area contributed by atoms with Crippen LogP contribution in [0.15, 0.2) is 54.3 Å².